The number of nitrogens with zero attached hydrogens (tertiary/aromatic N) is 3. The predicted octanol–water partition coefficient (Wildman–Crippen LogP) is 2.55. The van der Waals surface area contributed by atoms with Gasteiger partial charge >= 0.3 is 0 Å². The third-order valence-corrected chi connectivity index (χ3v) is 3.01. The van der Waals surface area contributed by atoms with E-state index in [1.165, 1.54) is 5.56 Å². The first-order chi connectivity index (χ1) is 8.24. The van der Waals surface area contributed by atoms with E-state index in [4.69, 9.17) is 10.5 Å². The van der Waals surface area contributed by atoms with Crippen molar-refractivity contribution in [1.82, 2.24) is 0 Å². The van der Waals surface area contributed by atoms with Crippen LogP contribution in [0.4, 0.5) is 5.69 Å². The van der Waals surface area contributed by atoms with Crippen molar-refractivity contribution < 1.29 is 0 Å². The number of anilines is 1. The van der Waals surface area contributed by atoms with E-state index in [0.29, 0.717) is 6.54 Å². The van der Waals surface area contributed by atoms with Gasteiger partial charge in [-0.1, -0.05) is 12.1 Å². The Morgan fingerprint density at radius 2 is 2.06 bits per heavy atom. The summed E-state index contributed by atoms with van der Waals surface area (Å²) < 4.78 is 0. The summed E-state index contributed by atoms with van der Waals surface area (Å²) in [4.78, 5) is 2.21. The standard InChI is InChI=1S/C14H13N3/c1-11-3-2-4-14(7-11)17-6-5-12(10-17)13(8-15)9-16/h2-4,7H,5-6,10H2,1H3. The maximum absolute atomic E-state index is 8.84. The number of rotatable bonds is 1. The molecule has 1 aliphatic heterocycles. The van der Waals surface area contributed by atoms with Gasteiger partial charge in [0.15, 0.2) is 0 Å². The Morgan fingerprint density at radius 3 is 2.71 bits per heavy atom. The summed E-state index contributed by atoms with van der Waals surface area (Å²) in [5.74, 6) is 0. The SMILES string of the molecule is Cc1cccc(N2CCC(=C(C#N)C#N)C2)c1. The second-order valence-corrected chi connectivity index (χ2v) is 4.21. The summed E-state index contributed by atoms with van der Waals surface area (Å²) in [5.41, 5.74) is 3.62. The van der Waals surface area contributed by atoms with E-state index in [9.17, 15) is 0 Å². The number of nitriles is 2. The van der Waals surface area contributed by atoms with Gasteiger partial charge < -0.3 is 4.90 Å². The molecular weight excluding hydrogens is 210 g/mol. The maximum Gasteiger partial charge on any atom is 0.130 e. The molecule has 84 valence electrons. The molecule has 0 unspecified atom stereocenters. The molecular formula is C14H13N3. The smallest absolute Gasteiger partial charge is 0.130 e. The van der Waals surface area contributed by atoms with Gasteiger partial charge in [-0.15, -0.1) is 0 Å². The Balaban J connectivity index is 2.23. The molecule has 1 aliphatic rings. The monoisotopic (exact) mass is 223 g/mol. The van der Waals surface area contributed by atoms with Crippen LogP contribution in [0.3, 0.4) is 0 Å². The molecule has 0 spiro atoms. The molecule has 1 aromatic rings. The van der Waals surface area contributed by atoms with Gasteiger partial charge in [0.1, 0.15) is 17.7 Å². The summed E-state index contributed by atoms with van der Waals surface area (Å²) in [5, 5.41) is 17.7. The highest BCUT2D eigenvalue weighted by molar-refractivity contribution is 5.54. The molecule has 1 fully saturated rings. The molecule has 0 aliphatic carbocycles. The highest BCUT2D eigenvalue weighted by Crippen LogP contribution is 2.25. The van der Waals surface area contributed by atoms with E-state index < -0.39 is 0 Å². The van der Waals surface area contributed by atoms with Crippen LogP contribution < -0.4 is 4.90 Å². The van der Waals surface area contributed by atoms with Crippen molar-refractivity contribution in [2.75, 3.05) is 18.0 Å². The lowest BCUT2D eigenvalue weighted by Gasteiger charge is -2.17. The Hall–Kier alpha value is -2.26. The van der Waals surface area contributed by atoms with Crippen molar-refractivity contribution >= 4 is 5.69 Å². The molecule has 0 N–H and O–H groups in total. The zero-order valence-corrected chi connectivity index (χ0v) is 9.77. The number of benzene rings is 1. The third-order valence-electron chi connectivity index (χ3n) is 3.01. The van der Waals surface area contributed by atoms with Gasteiger partial charge in [-0.2, -0.15) is 10.5 Å². The van der Waals surface area contributed by atoms with Crippen molar-refractivity contribution in [1.29, 1.82) is 10.5 Å². The molecule has 2 rings (SSSR count). The molecule has 1 heterocycles. The van der Waals surface area contributed by atoms with Crippen LogP contribution in [0.2, 0.25) is 0 Å². The zero-order chi connectivity index (χ0) is 12.3. The van der Waals surface area contributed by atoms with E-state index in [-0.39, 0.29) is 5.57 Å². The topological polar surface area (TPSA) is 50.8 Å². The Bertz CT molecular complexity index is 527. The number of hydrogen-bond acceptors (Lipinski definition) is 3. The fraction of sp³-hybridized carbons (Fsp3) is 0.286. The molecule has 0 bridgehead atoms. The van der Waals surface area contributed by atoms with Gasteiger partial charge in [-0.05, 0) is 36.6 Å². The van der Waals surface area contributed by atoms with Crippen molar-refractivity contribution in [2.45, 2.75) is 13.3 Å². The second-order valence-electron chi connectivity index (χ2n) is 4.21. The largest absolute Gasteiger partial charge is 0.367 e. The van der Waals surface area contributed by atoms with E-state index in [1.807, 2.05) is 18.2 Å². The lowest BCUT2D eigenvalue weighted by Crippen LogP contribution is -2.18. The van der Waals surface area contributed by atoms with Crippen LogP contribution in [0.5, 0.6) is 0 Å². The van der Waals surface area contributed by atoms with E-state index in [2.05, 4.69) is 30.0 Å². The maximum atomic E-state index is 8.84. The number of aryl methyl sites for hydroxylation is 1. The highest BCUT2D eigenvalue weighted by Gasteiger charge is 2.20. The summed E-state index contributed by atoms with van der Waals surface area (Å²) in [6, 6.07) is 12.2. The summed E-state index contributed by atoms with van der Waals surface area (Å²) in [6.07, 6.45) is 0.810. The van der Waals surface area contributed by atoms with E-state index >= 15 is 0 Å². The average Bonchev–Trinajstić information content (AvgIpc) is 2.80. The average molecular weight is 223 g/mol. The van der Waals surface area contributed by atoms with Crippen LogP contribution in [0, 0.1) is 29.6 Å². The quantitative estimate of drug-likeness (QED) is 0.687. The number of hydrogen-bond donors (Lipinski definition) is 0. The third kappa shape index (κ3) is 2.29. The molecule has 0 aromatic heterocycles. The van der Waals surface area contributed by atoms with Crippen LogP contribution in [-0.4, -0.2) is 13.1 Å². The molecule has 1 aromatic carbocycles. The van der Waals surface area contributed by atoms with Crippen molar-refractivity contribution in [3.8, 4) is 12.1 Å². The van der Waals surface area contributed by atoms with Crippen LogP contribution in [-0.2, 0) is 0 Å². The summed E-state index contributed by atoms with van der Waals surface area (Å²) in [6.45, 7) is 3.64. The minimum atomic E-state index is 0.278. The Labute approximate surface area is 101 Å². The minimum absolute atomic E-state index is 0.278. The molecule has 0 amide bonds. The van der Waals surface area contributed by atoms with Crippen LogP contribution in [0.1, 0.15) is 12.0 Å². The summed E-state index contributed by atoms with van der Waals surface area (Å²) >= 11 is 0. The summed E-state index contributed by atoms with van der Waals surface area (Å²) in [7, 11) is 0. The van der Waals surface area contributed by atoms with Crippen molar-refractivity contribution in [3.05, 3.63) is 41.0 Å². The normalized spacial score (nSPS) is 14.3. The van der Waals surface area contributed by atoms with Crippen LogP contribution in [0.15, 0.2) is 35.4 Å². The lowest BCUT2D eigenvalue weighted by atomic mass is 10.1. The second kappa shape index (κ2) is 4.72. The lowest BCUT2D eigenvalue weighted by molar-refractivity contribution is 0.967. The van der Waals surface area contributed by atoms with E-state index in [0.717, 1.165) is 24.2 Å². The van der Waals surface area contributed by atoms with Gasteiger partial charge in [-0.3, -0.25) is 0 Å². The van der Waals surface area contributed by atoms with Crippen LogP contribution >= 0.6 is 0 Å². The Kier molecular flexibility index (Phi) is 3.12. The Morgan fingerprint density at radius 1 is 1.29 bits per heavy atom. The molecule has 17 heavy (non-hydrogen) atoms. The van der Waals surface area contributed by atoms with Gasteiger partial charge in [-0.25, -0.2) is 0 Å². The highest BCUT2D eigenvalue weighted by atomic mass is 15.1. The minimum Gasteiger partial charge on any atom is -0.367 e. The molecule has 0 atom stereocenters. The van der Waals surface area contributed by atoms with Crippen molar-refractivity contribution in [3.63, 3.8) is 0 Å². The molecule has 3 nitrogen and oxygen atoms in total. The van der Waals surface area contributed by atoms with Gasteiger partial charge in [0.2, 0.25) is 0 Å². The fourth-order valence-corrected chi connectivity index (χ4v) is 2.09. The predicted molar refractivity (Wildman–Crippen MR) is 66.3 cm³/mol. The van der Waals surface area contributed by atoms with Crippen molar-refractivity contribution in [2.24, 2.45) is 0 Å². The van der Waals surface area contributed by atoms with E-state index in [1.54, 1.807) is 0 Å². The zero-order valence-electron chi connectivity index (χ0n) is 9.77. The fourth-order valence-electron chi connectivity index (χ4n) is 2.09. The molecule has 1 saturated heterocycles. The van der Waals surface area contributed by atoms with Gasteiger partial charge in [0, 0.05) is 18.8 Å². The molecule has 0 radical (unpaired) electrons. The molecule has 3 heteroatoms. The first-order valence-electron chi connectivity index (χ1n) is 5.58. The van der Waals surface area contributed by atoms with Gasteiger partial charge in [0.25, 0.3) is 0 Å². The van der Waals surface area contributed by atoms with Crippen LogP contribution in [0.25, 0.3) is 0 Å². The van der Waals surface area contributed by atoms with Gasteiger partial charge in [0.05, 0.1) is 0 Å². The molecule has 0 saturated carbocycles. The number of allylic oxidation sites excluding steroid dienone is 1. The first kappa shape index (κ1) is 11.2. The first-order valence-corrected chi connectivity index (χ1v) is 5.58.